The Balaban J connectivity index is 2.08. The number of nitrogens with zero attached hydrogens (tertiary/aromatic N) is 2. The van der Waals surface area contributed by atoms with Crippen LogP contribution in [0.5, 0.6) is 0 Å². The first-order chi connectivity index (χ1) is 7.05. The molecule has 1 atom stereocenters. The number of hydrogen-bond acceptors (Lipinski definition) is 4. The highest BCUT2D eigenvalue weighted by molar-refractivity contribution is 7.90. The molecule has 6 heteroatoms. The predicted molar refractivity (Wildman–Crippen MR) is 56.5 cm³/mol. The Bertz CT molecular complexity index is 373. The summed E-state index contributed by atoms with van der Waals surface area (Å²) in [6.45, 7) is 2.81. The Morgan fingerprint density at radius 2 is 2.13 bits per heavy atom. The summed E-state index contributed by atoms with van der Waals surface area (Å²) in [4.78, 5) is 0. The summed E-state index contributed by atoms with van der Waals surface area (Å²) in [5.74, 6) is 0.0253. The third kappa shape index (κ3) is 2.01. The fourth-order valence-electron chi connectivity index (χ4n) is 1.94. The summed E-state index contributed by atoms with van der Waals surface area (Å²) < 4.78 is 25.4. The van der Waals surface area contributed by atoms with Crippen molar-refractivity contribution in [2.75, 3.05) is 13.1 Å². The van der Waals surface area contributed by atoms with Gasteiger partial charge in [0, 0.05) is 25.4 Å². The summed E-state index contributed by atoms with van der Waals surface area (Å²) in [5.41, 5.74) is 0.706. The van der Waals surface area contributed by atoms with Gasteiger partial charge in [-0.05, 0) is 12.8 Å². The molecule has 0 aromatic heterocycles. The molecule has 0 bridgehead atoms. The fourth-order valence-corrected chi connectivity index (χ4v) is 3.87. The van der Waals surface area contributed by atoms with Gasteiger partial charge in [-0.25, -0.2) is 12.7 Å². The number of piperidine rings is 1. The Kier molecular flexibility index (Phi) is 2.72. The van der Waals surface area contributed by atoms with Gasteiger partial charge in [-0.2, -0.15) is 0 Å². The smallest absolute Gasteiger partial charge is 0.217 e. The summed E-state index contributed by atoms with van der Waals surface area (Å²) in [7, 11) is -3.06. The van der Waals surface area contributed by atoms with Crippen molar-refractivity contribution in [1.82, 2.24) is 4.31 Å². The van der Waals surface area contributed by atoms with Crippen LogP contribution in [0.4, 0.5) is 0 Å². The van der Waals surface area contributed by atoms with Crippen molar-refractivity contribution < 1.29 is 13.6 Å². The Hall–Kier alpha value is -0.620. The third-order valence-electron chi connectivity index (χ3n) is 3.10. The van der Waals surface area contributed by atoms with Crippen molar-refractivity contribution >= 4 is 15.7 Å². The molecule has 1 saturated heterocycles. The van der Waals surface area contributed by atoms with E-state index in [0.717, 1.165) is 12.8 Å². The highest BCUT2D eigenvalue weighted by Crippen LogP contribution is 2.32. The summed E-state index contributed by atoms with van der Waals surface area (Å²) in [5, 5.41) is 11.8. The minimum Gasteiger partial charge on any atom is -0.411 e. The zero-order chi connectivity index (χ0) is 11.1. The first-order valence-electron chi connectivity index (χ1n) is 5.25. The molecule has 1 aliphatic carbocycles. The van der Waals surface area contributed by atoms with Gasteiger partial charge in [-0.15, -0.1) is 0 Å². The van der Waals surface area contributed by atoms with Crippen LogP contribution in [0.15, 0.2) is 5.16 Å². The van der Waals surface area contributed by atoms with Crippen LogP contribution >= 0.6 is 0 Å². The molecule has 0 amide bonds. The quantitative estimate of drug-likeness (QED) is 0.561. The van der Waals surface area contributed by atoms with Crippen molar-refractivity contribution in [2.24, 2.45) is 11.1 Å². The molecule has 0 aromatic carbocycles. The van der Waals surface area contributed by atoms with Gasteiger partial charge in [0.1, 0.15) is 0 Å². The highest BCUT2D eigenvalue weighted by Gasteiger charge is 2.41. The van der Waals surface area contributed by atoms with E-state index in [-0.39, 0.29) is 11.2 Å². The van der Waals surface area contributed by atoms with E-state index < -0.39 is 10.0 Å². The van der Waals surface area contributed by atoms with Crippen LogP contribution in [0.2, 0.25) is 0 Å². The number of sulfonamides is 1. The lowest BCUT2D eigenvalue weighted by atomic mass is 10.00. The summed E-state index contributed by atoms with van der Waals surface area (Å²) in [6, 6.07) is 0. The second-order valence-corrected chi connectivity index (χ2v) is 6.56. The second-order valence-electron chi connectivity index (χ2n) is 4.34. The number of hydrogen-bond donors (Lipinski definition) is 1. The third-order valence-corrected chi connectivity index (χ3v) is 5.46. The average Bonchev–Trinajstić information content (AvgIpc) is 3.00. The monoisotopic (exact) mass is 232 g/mol. The van der Waals surface area contributed by atoms with Crippen LogP contribution in [-0.2, 0) is 10.0 Å². The van der Waals surface area contributed by atoms with Gasteiger partial charge in [-0.1, -0.05) is 12.1 Å². The molecule has 5 nitrogen and oxygen atoms in total. The minimum atomic E-state index is -3.06. The van der Waals surface area contributed by atoms with E-state index in [1.807, 2.05) is 6.92 Å². The molecular weight excluding hydrogens is 216 g/mol. The van der Waals surface area contributed by atoms with E-state index in [0.29, 0.717) is 25.2 Å². The second kappa shape index (κ2) is 3.75. The highest BCUT2D eigenvalue weighted by atomic mass is 32.2. The molecule has 1 saturated carbocycles. The normalized spacial score (nSPS) is 32.1. The Labute approximate surface area is 89.8 Å². The molecule has 1 aliphatic heterocycles. The molecular formula is C9H16N2O3S. The van der Waals surface area contributed by atoms with Gasteiger partial charge in [0.05, 0.1) is 11.0 Å². The molecule has 15 heavy (non-hydrogen) atoms. The van der Waals surface area contributed by atoms with E-state index in [1.54, 1.807) is 4.31 Å². The van der Waals surface area contributed by atoms with Crippen LogP contribution in [-0.4, -0.2) is 42.0 Å². The van der Waals surface area contributed by atoms with Crippen LogP contribution in [0.1, 0.15) is 26.2 Å². The molecule has 0 radical (unpaired) electrons. The lowest BCUT2D eigenvalue weighted by molar-refractivity contribution is 0.300. The van der Waals surface area contributed by atoms with Crippen LogP contribution in [0.25, 0.3) is 0 Å². The van der Waals surface area contributed by atoms with Gasteiger partial charge in [0.25, 0.3) is 0 Å². The van der Waals surface area contributed by atoms with E-state index in [4.69, 9.17) is 5.21 Å². The summed E-state index contributed by atoms with van der Waals surface area (Å²) >= 11 is 0. The van der Waals surface area contributed by atoms with E-state index in [9.17, 15) is 8.42 Å². The molecule has 0 aromatic rings. The van der Waals surface area contributed by atoms with Gasteiger partial charge < -0.3 is 5.21 Å². The van der Waals surface area contributed by atoms with Crippen LogP contribution < -0.4 is 0 Å². The molecule has 2 fully saturated rings. The van der Waals surface area contributed by atoms with E-state index in [2.05, 4.69) is 5.16 Å². The topological polar surface area (TPSA) is 70.0 Å². The van der Waals surface area contributed by atoms with E-state index >= 15 is 0 Å². The van der Waals surface area contributed by atoms with E-state index in [1.165, 1.54) is 0 Å². The standard InChI is InChI=1S/C9H16N2O3S/c1-7-6-11(5-4-9(7)10-12)15(13,14)8-2-3-8/h7-8,12H,2-6H2,1H3. The van der Waals surface area contributed by atoms with Crippen molar-refractivity contribution in [3.63, 3.8) is 0 Å². The fraction of sp³-hybridized carbons (Fsp3) is 0.889. The average molecular weight is 232 g/mol. The molecule has 0 spiro atoms. The Morgan fingerprint density at radius 1 is 1.47 bits per heavy atom. The lowest BCUT2D eigenvalue weighted by Gasteiger charge is -2.30. The summed E-state index contributed by atoms with van der Waals surface area (Å²) in [6.07, 6.45) is 2.14. The molecule has 1 unspecified atom stereocenters. The number of oxime groups is 1. The number of rotatable bonds is 2. The molecule has 2 rings (SSSR count). The zero-order valence-electron chi connectivity index (χ0n) is 8.76. The maximum Gasteiger partial charge on any atom is 0.217 e. The molecule has 1 heterocycles. The first-order valence-corrected chi connectivity index (χ1v) is 6.76. The maximum absolute atomic E-state index is 11.9. The molecule has 2 aliphatic rings. The maximum atomic E-state index is 11.9. The van der Waals surface area contributed by atoms with Gasteiger partial charge >= 0.3 is 0 Å². The van der Waals surface area contributed by atoms with Crippen molar-refractivity contribution in [2.45, 2.75) is 31.4 Å². The van der Waals surface area contributed by atoms with Crippen molar-refractivity contribution in [3.8, 4) is 0 Å². The lowest BCUT2D eigenvalue weighted by Crippen LogP contribution is -2.44. The molecule has 1 N–H and O–H groups in total. The van der Waals surface area contributed by atoms with Crippen molar-refractivity contribution in [3.05, 3.63) is 0 Å². The van der Waals surface area contributed by atoms with Gasteiger partial charge in [-0.3, -0.25) is 0 Å². The van der Waals surface area contributed by atoms with Gasteiger partial charge in [0.15, 0.2) is 0 Å². The Morgan fingerprint density at radius 3 is 2.60 bits per heavy atom. The predicted octanol–water partition coefficient (Wildman–Crippen LogP) is 0.651. The minimum absolute atomic E-state index is 0.0253. The van der Waals surface area contributed by atoms with Crippen molar-refractivity contribution in [1.29, 1.82) is 0 Å². The largest absolute Gasteiger partial charge is 0.411 e. The van der Waals surface area contributed by atoms with Crippen LogP contribution in [0.3, 0.4) is 0 Å². The molecule has 86 valence electrons. The first kappa shape index (κ1) is 10.9. The van der Waals surface area contributed by atoms with Gasteiger partial charge in [0.2, 0.25) is 10.0 Å². The van der Waals surface area contributed by atoms with Crippen LogP contribution in [0, 0.1) is 5.92 Å². The zero-order valence-corrected chi connectivity index (χ0v) is 9.57. The SMILES string of the molecule is CC1CN(S(=O)(=O)C2CC2)CCC1=NO.